The Morgan fingerprint density at radius 2 is 2.10 bits per heavy atom. The van der Waals surface area contributed by atoms with Gasteiger partial charge in [0.05, 0.1) is 0 Å². The van der Waals surface area contributed by atoms with E-state index in [1.807, 2.05) is 18.1 Å². The number of amides is 1. The van der Waals surface area contributed by atoms with E-state index in [9.17, 15) is 4.79 Å². The maximum absolute atomic E-state index is 12.2. The molecule has 1 saturated carbocycles. The van der Waals surface area contributed by atoms with Gasteiger partial charge in [0.2, 0.25) is 5.91 Å². The number of nitrogens with zero attached hydrogens (tertiary/aromatic N) is 3. The van der Waals surface area contributed by atoms with Crippen LogP contribution >= 0.6 is 11.3 Å². The van der Waals surface area contributed by atoms with Gasteiger partial charge in [0.1, 0.15) is 0 Å². The summed E-state index contributed by atoms with van der Waals surface area (Å²) in [6, 6.07) is 0. The van der Waals surface area contributed by atoms with Crippen LogP contribution in [0.4, 0.5) is 5.13 Å². The largest absolute Gasteiger partial charge is 0.348 e. The van der Waals surface area contributed by atoms with Gasteiger partial charge in [-0.1, -0.05) is 6.42 Å². The summed E-state index contributed by atoms with van der Waals surface area (Å²) in [7, 11) is 1.98. The predicted molar refractivity (Wildman–Crippen MR) is 86.8 cm³/mol. The van der Waals surface area contributed by atoms with Gasteiger partial charge >= 0.3 is 0 Å². The van der Waals surface area contributed by atoms with Gasteiger partial charge in [0, 0.05) is 43.7 Å². The molecule has 2 fully saturated rings. The van der Waals surface area contributed by atoms with E-state index in [2.05, 4.69) is 16.8 Å². The molecule has 1 amide bonds. The average molecular weight is 307 g/mol. The van der Waals surface area contributed by atoms with E-state index in [-0.39, 0.29) is 0 Å². The fourth-order valence-corrected chi connectivity index (χ4v) is 4.05. The van der Waals surface area contributed by atoms with Crippen LogP contribution in [0, 0.1) is 18.8 Å². The maximum atomic E-state index is 12.2. The molecule has 4 nitrogen and oxygen atoms in total. The molecule has 0 atom stereocenters. The first-order valence-corrected chi connectivity index (χ1v) is 8.87. The fraction of sp³-hybridized carbons (Fsp3) is 0.750. The molecule has 21 heavy (non-hydrogen) atoms. The standard InChI is InChI=1S/C16H25N3OS/c1-12-10-17-16(21-12)19-8-6-13(7-9-19)11-18(2)15(20)14-4-3-5-14/h10,13-14H,3-9,11H2,1-2H3. The highest BCUT2D eigenvalue weighted by Crippen LogP contribution is 2.30. The molecule has 0 bridgehead atoms. The summed E-state index contributed by atoms with van der Waals surface area (Å²) in [5.41, 5.74) is 0. The molecular formula is C16H25N3OS. The topological polar surface area (TPSA) is 36.4 Å². The predicted octanol–water partition coefficient (Wildman–Crippen LogP) is 2.93. The molecule has 3 rings (SSSR count). The molecule has 0 unspecified atom stereocenters. The summed E-state index contributed by atoms with van der Waals surface area (Å²) in [6.45, 7) is 5.18. The number of hydrogen-bond donors (Lipinski definition) is 0. The summed E-state index contributed by atoms with van der Waals surface area (Å²) in [5.74, 6) is 1.35. The second-order valence-electron chi connectivity index (χ2n) is 6.53. The van der Waals surface area contributed by atoms with Crippen molar-refractivity contribution in [3.63, 3.8) is 0 Å². The maximum Gasteiger partial charge on any atom is 0.225 e. The zero-order valence-electron chi connectivity index (χ0n) is 13.0. The number of carbonyl (C=O) groups is 1. The van der Waals surface area contributed by atoms with Gasteiger partial charge < -0.3 is 9.80 Å². The van der Waals surface area contributed by atoms with Crippen LogP contribution in [0.2, 0.25) is 0 Å². The number of rotatable bonds is 4. The van der Waals surface area contributed by atoms with Crippen molar-refractivity contribution in [3.05, 3.63) is 11.1 Å². The molecule has 1 aliphatic carbocycles. The lowest BCUT2D eigenvalue weighted by molar-refractivity contribution is -0.137. The van der Waals surface area contributed by atoms with Crippen LogP contribution in [0.3, 0.4) is 0 Å². The number of aromatic nitrogens is 1. The number of hydrogen-bond acceptors (Lipinski definition) is 4. The molecule has 0 N–H and O–H groups in total. The van der Waals surface area contributed by atoms with Crippen LogP contribution in [-0.2, 0) is 4.79 Å². The molecule has 116 valence electrons. The minimum Gasteiger partial charge on any atom is -0.348 e. The molecule has 1 aliphatic heterocycles. The molecule has 2 aliphatic rings. The first-order chi connectivity index (χ1) is 10.1. The smallest absolute Gasteiger partial charge is 0.225 e. The van der Waals surface area contributed by atoms with E-state index in [0.29, 0.717) is 17.7 Å². The van der Waals surface area contributed by atoms with E-state index in [1.54, 1.807) is 11.3 Å². The molecule has 0 radical (unpaired) electrons. The first kappa shape index (κ1) is 14.8. The van der Waals surface area contributed by atoms with Crippen molar-refractivity contribution in [1.82, 2.24) is 9.88 Å². The molecule has 2 heterocycles. The molecule has 0 spiro atoms. The normalized spacial score (nSPS) is 20.4. The first-order valence-electron chi connectivity index (χ1n) is 8.06. The highest BCUT2D eigenvalue weighted by molar-refractivity contribution is 7.15. The van der Waals surface area contributed by atoms with Crippen molar-refractivity contribution < 1.29 is 4.79 Å². The molecule has 1 aromatic heterocycles. The lowest BCUT2D eigenvalue weighted by Gasteiger charge is -2.35. The van der Waals surface area contributed by atoms with Crippen molar-refractivity contribution in [3.8, 4) is 0 Å². The Labute approximate surface area is 131 Å². The second kappa shape index (κ2) is 6.34. The van der Waals surface area contributed by atoms with Gasteiger partial charge in [0.25, 0.3) is 0 Å². The number of piperidine rings is 1. The highest BCUT2D eigenvalue weighted by atomic mass is 32.1. The van der Waals surface area contributed by atoms with Gasteiger partial charge in [-0.05, 0) is 38.5 Å². The van der Waals surface area contributed by atoms with E-state index in [1.165, 1.54) is 24.1 Å². The Balaban J connectivity index is 1.46. The summed E-state index contributed by atoms with van der Waals surface area (Å²) in [5, 5.41) is 1.16. The molecular weight excluding hydrogens is 282 g/mol. The van der Waals surface area contributed by atoms with Crippen molar-refractivity contribution in [2.75, 3.05) is 31.6 Å². The van der Waals surface area contributed by atoms with Crippen molar-refractivity contribution >= 4 is 22.4 Å². The summed E-state index contributed by atoms with van der Waals surface area (Å²) >= 11 is 1.78. The molecule has 1 saturated heterocycles. The third-order valence-corrected chi connectivity index (χ3v) is 5.83. The Bertz CT molecular complexity index is 489. The van der Waals surface area contributed by atoms with Crippen LogP contribution in [0.1, 0.15) is 37.0 Å². The third kappa shape index (κ3) is 3.39. The van der Waals surface area contributed by atoms with Crippen molar-refractivity contribution in [2.24, 2.45) is 11.8 Å². The van der Waals surface area contributed by atoms with Crippen LogP contribution in [0.25, 0.3) is 0 Å². The number of anilines is 1. The second-order valence-corrected chi connectivity index (χ2v) is 7.74. The molecule has 0 aromatic carbocycles. The minimum atomic E-state index is 0.327. The Kier molecular flexibility index (Phi) is 4.48. The Morgan fingerprint density at radius 3 is 2.62 bits per heavy atom. The number of thiazole rings is 1. The lowest BCUT2D eigenvalue weighted by Crippen LogP contribution is -2.42. The minimum absolute atomic E-state index is 0.327. The summed E-state index contributed by atoms with van der Waals surface area (Å²) in [4.78, 5) is 22.3. The Hall–Kier alpha value is -1.10. The van der Waals surface area contributed by atoms with E-state index < -0.39 is 0 Å². The quantitative estimate of drug-likeness (QED) is 0.858. The monoisotopic (exact) mass is 307 g/mol. The summed E-state index contributed by atoms with van der Waals surface area (Å²) in [6.07, 6.45) is 7.73. The molecule has 1 aromatic rings. The van der Waals surface area contributed by atoms with E-state index in [0.717, 1.165) is 37.6 Å². The van der Waals surface area contributed by atoms with E-state index in [4.69, 9.17) is 0 Å². The zero-order valence-corrected chi connectivity index (χ0v) is 13.9. The zero-order chi connectivity index (χ0) is 14.8. The van der Waals surface area contributed by atoms with E-state index >= 15 is 0 Å². The van der Waals surface area contributed by atoms with Gasteiger partial charge in [-0.15, -0.1) is 11.3 Å². The molecule has 5 heteroatoms. The van der Waals surface area contributed by atoms with Gasteiger partial charge in [0.15, 0.2) is 5.13 Å². The van der Waals surface area contributed by atoms with Crippen LogP contribution < -0.4 is 4.90 Å². The third-order valence-electron chi connectivity index (χ3n) is 4.86. The van der Waals surface area contributed by atoms with Gasteiger partial charge in [-0.2, -0.15) is 0 Å². The lowest BCUT2D eigenvalue weighted by atomic mass is 9.84. The number of carbonyl (C=O) groups excluding carboxylic acids is 1. The van der Waals surface area contributed by atoms with Gasteiger partial charge in [-0.3, -0.25) is 4.79 Å². The average Bonchev–Trinajstić information content (AvgIpc) is 2.84. The fourth-order valence-electron chi connectivity index (χ4n) is 3.24. The van der Waals surface area contributed by atoms with Crippen molar-refractivity contribution in [2.45, 2.75) is 39.0 Å². The van der Waals surface area contributed by atoms with Crippen LogP contribution in [-0.4, -0.2) is 42.5 Å². The Morgan fingerprint density at radius 1 is 1.38 bits per heavy atom. The SMILES string of the molecule is Cc1cnc(N2CCC(CN(C)C(=O)C3CCC3)CC2)s1. The number of aryl methyl sites for hydroxylation is 1. The van der Waals surface area contributed by atoms with Crippen molar-refractivity contribution in [1.29, 1.82) is 0 Å². The summed E-state index contributed by atoms with van der Waals surface area (Å²) < 4.78 is 0. The highest BCUT2D eigenvalue weighted by Gasteiger charge is 2.29. The van der Waals surface area contributed by atoms with Crippen LogP contribution in [0.5, 0.6) is 0 Å². The van der Waals surface area contributed by atoms with Crippen LogP contribution in [0.15, 0.2) is 6.20 Å². The van der Waals surface area contributed by atoms with Gasteiger partial charge in [-0.25, -0.2) is 4.98 Å².